The van der Waals surface area contributed by atoms with Gasteiger partial charge in [-0.15, -0.1) is 0 Å². The number of benzene rings is 2. The van der Waals surface area contributed by atoms with Crippen molar-refractivity contribution in [2.75, 3.05) is 6.54 Å². The van der Waals surface area contributed by atoms with E-state index in [1.54, 1.807) is 19.3 Å². The van der Waals surface area contributed by atoms with Gasteiger partial charge in [0, 0.05) is 22.4 Å². The van der Waals surface area contributed by atoms with E-state index in [0.717, 1.165) is 22.1 Å². The predicted molar refractivity (Wildman–Crippen MR) is 112 cm³/mol. The van der Waals surface area contributed by atoms with Crippen molar-refractivity contribution >= 4 is 33.8 Å². The third-order valence-corrected chi connectivity index (χ3v) is 5.12. The Kier molecular flexibility index (Phi) is 4.87. The normalized spacial score (nSPS) is 11.1. The van der Waals surface area contributed by atoms with Crippen LogP contribution in [0.25, 0.3) is 33.1 Å². The number of aryl methyl sites for hydroxylation is 2. The van der Waals surface area contributed by atoms with Gasteiger partial charge in [0.05, 0.1) is 18.2 Å². The van der Waals surface area contributed by atoms with E-state index in [2.05, 4.69) is 5.32 Å². The lowest BCUT2D eigenvalue weighted by Crippen LogP contribution is -2.32. The fourth-order valence-electron chi connectivity index (χ4n) is 3.47. The number of carbonyl (C=O) groups is 2. The lowest BCUT2D eigenvalue weighted by molar-refractivity contribution is -0.137. The van der Waals surface area contributed by atoms with Gasteiger partial charge in [-0.1, -0.05) is 29.8 Å². The molecule has 2 heterocycles. The molecule has 152 valence electrons. The van der Waals surface area contributed by atoms with Crippen molar-refractivity contribution in [1.29, 1.82) is 0 Å². The second kappa shape index (κ2) is 7.51. The maximum atomic E-state index is 12.4. The zero-order valence-electron chi connectivity index (χ0n) is 16.4. The lowest BCUT2D eigenvalue weighted by atomic mass is 9.99. The molecular weight excluding hydrogens is 386 g/mol. The molecule has 2 aromatic carbocycles. The number of fused-ring (bicyclic) bond motifs is 2. The smallest absolute Gasteiger partial charge is 0.340 e. The highest BCUT2D eigenvalue weighted by atomic mass is 16.4. The molecule has 0 aliphatic carbocycles. The molecule has 0 atom stereocenters. The maximum absolute atomic E-state index is 12.4. The minimum atomic E-state index is -1.16. The van der Waals surface area contributed by atoms with E-state index in [-0.39, 0.29) is 12.0 Å². The molecule has 7 heteroatoms. The summed E-state index contributed by atoms with van der Waals surface area (Å²) in [5.74, 6) is -1.71. The van der Waals surface area contributed by atoms with Crippen LogP contribution in [0.3, 0.4) is 0 Å². The van der Waals surface area contributed by atoms with Crippen LogP contribution in [0.15, 0.2) is 56.3 Å². The van der Waals surface area contributed by atoms with Gasteiger partial charge in [0.15, 0.2) is 0 Å². The van der Waals surface area contributed by atoms with Gasteiger partial charge in [0.1, 0.15) is 17.7 Å². The highest BCUT2D eigenvalue weighted by Crippen LogP contribution is 2.34. The number of hydrogen-bond acceptors (Lipinski definition) is 5. The first-order valence-corrected chi connectivity index (χ1v) is 9.36. The SMILES string of the molecule is Cc1ccc(-c2coc3cc4oc(=O)c(CC(=O)NCC(=O)O)c(C)c4cc23)cc1. The first-order valence-electron chi connectivity index (χ1n) is 9.36. The summed E-state index contributed by atoms with van der Waals surface area (Å²) in [6.45, 7) is 3.26. The van der Waals surface area contributed by atoms with Gasteiger partial charge in [-0.05, 0) is 31.0 Å². The van der Waals surface area contributed by atoms with Crippen molar-refractivity contribution in [3.8, 4) is 11.1 Å². The molecule has 0 aliphatic heterocycles. The highest BCUT2D eigenvalue weighted by molar-refractivity contribution is 6.02. The Hall–Kier alpha value is -3.87. The fraction of sp³-hybridized carbons (Fsp3) is 0.174. The number of carbonyl (C=O) groups excluding carboxylic acids is 1. The zero-order valence-corrected chi connectivity index (χ0v) is 16.4. The van der Waals surface area contributed by atoms with Gasteiger partial charge in [0.2, 0.25) is 5.91 Å². The number of amides is 1. The Morgan fingerprint density at radius 3 is 2.47 bits per heavy atom. The van der Waals surface area contributed by atoms with E-state index < -0.39 is 24.0 Å². The summed E-state index contributed by atoms with van der Waals surface area (Å²) in [4.78, 5) is 35.1. The van der Waals surface area contributed by atoms with Crippen LogP contribution >= 0.6 is 0 Å². The molecular formula is C23H19NO6. The summed E-state index contributed by atoms with van der Waals surface area (Å²) in [5, 5.41) is 12.5. The molecule has 2 N–H and O–H groups in total. The number of furan rings is 1. The monoisotopic (exact) mass is 405 g/mol. The van der Waals surface area contributed by atoms with Gasteiger partial charge in [0.25, 0.3) is 0 Å². The Bertz CT molecular complexity index is 1340. The van der Waals surface area contributed by atoms with E-state index in [1.807, 2.05) is 37.3 Å². The van der Waals surface area contributed by atoms with Crippen molar-refractivity contribution in [2.45, 2.75) is 20.3 Å². The standard InChI is InChI=1S/C23H19NO6/c1-12-3-5-14(6-4-12)18-11-29-19-9-20-15(7-17(18)19)13(2)16(23(28)30-20)8-21(25)24-10-22(26)27/h3-7,9,11H,8,10H2,1-2H3,(H,24,25)(H,26,27). The number of nitrogens with one attached hydrogen (secondary N) is 1. The highest BCUT2D eigenvalue weighted by Gasteiger charge is 2.18. The maximum Gasteiger partial charge on any atom is 0.340 e. The second-order valence-electron chi connectivity index (χ2n) is 7.20. The van der Waals surface area contributed by atoms with Crippen molar-refractivity contribution < 1.29 is 23.5 Å². The van der Waals surface area contributed by atoms with Crippen LogP contribution in [0.2, 0.25) is 0 Å². The van der Waals surface area contributed by atoms with Gasteiger partial charge < -0.3 is 19.3 Å². The Balaban J connectivity index is 1.81. The fourth-order valence-corrected chi connectivity index (χ4v) is 3.47. The first kappa shape index (κ1) is 19.4. The molecule has 4 aromatic rings. The van der Waals surface area contributed by atoms with E-state index in [1.165, 1.54) is 0 Å². The van der Waals surface area contributed by atoms with Crippen LogP contribution in [-0.4, -0.2) is 23.5 Å². The molecule has 4 rings (SSSR count). The number of hydrogen-bond donors (Lipinski definition) is 2. The predicted octanol–water partition coefficient (Wildman–Crippen LogP) is 3.57. The van der Waals surface area contributed by atoms with Gasteiger partial charge in [-0.25, -0.2) is 4.79 Å². The van der Waals surface area contributed by atoms with Crippen LogP contribution in [0.5, 0.6) is 0 Å². The summed E-state index contributed by atoms with van der Waals surface area (Å²) in [7, 11) is 0. The van der Waals surface area contributed by atoms with Gasteiger partial charge >= 0.3 is 11.6 Å². The molecule has 0 saturated carbocycles. The van der Waals surface area contributed by atoms with Crippen molar-refractivity contribution in [2.24, 2.45) is 0 Å². The van der Waals surface area contributed by atoms with Crippen molar-refractivity contribution in [3.05, 3.63) is 69.8 Å². The molecule has 0 bridgehead atoms. The van der Waals surface area contributed by atoms with Crippen LogP contribution < -0.4 is 10.9 Å². The van der Waals surface area contributed by atoms with Crippen LogP contribution in [-0.2, 0) is 16.0 Å². The third-order valence-electron chi connectivity index (χ3n) is 5.12. The van der Waals surface area contributed by atoms with Crippen LogP contribution in [0.1, 0.15) is 16.7 Å². The van der Waals surface area contributed by atoms with Crippen LogP contribution in [0.4, 0.5) is 0 Å². The summed E-state index contributed by atoms with van der Waals surface area (Å²) >= 11 is 0. The Labute approximate surface area is 170 Å². The van der Waals surface area contributed by atoms with E-state index in [0.29, 0.717) is 22.1 Å². The minimum absolute atomic E-state index is 0.199. The van der Waals surface area contributed by atoms with E-state index in [9.17, 15) is 14.4 Å². The largest absolute Gasteiger partial charge is 0.480 e. The Morgan fingerprint density at radius 2 is 1.77 bits per heavy atom. The average Bonchev–Trinajstić information content (AvgIpc) is 3.12. The molecule has 0 aliphatic rings. The summed E-state index contributed by atoms with van der Waals surface area (Å²) in [5.41, 5.74) is 4.21. The summed E-state index contributed by atoms with van der Waals surface area (Å²) < 4.78 is 11.1. The quantitative estimate of drug-likeness (QED) is 0.491. The second-order valence-corrected chi connectivity index (χ2v) is 7.20. The number of aliphatic carboxylic acids is 1. The van der Waals surface area contributed by atoms with Crippen molar-refractivity contribution in [1.82, 2.24) is 5.32 Å². The molecule has 2 aromatic heterocycles. The molecule has 1 amide bonds. The number of carboxylic acids is 1. The molecule has 0 spiro atoms. The zero-order chi connectivity index (χ0) is 21.4. The molecule has 0 saturated heterocycles. The molecule has 0 radical (unpaired) electrons. The van der Waals surface area contributed by atoms with Crippen molar-refractivity contribution in [3.63, 3.8) is 0 Å². The summed E-state index contributed by atoms with van der Waals surface area (Å²) in [6, 6.07) is 11.6. The van der Waals surface area contributed by atoms with E-state index in [4.69, 9.17) is 13.9 Å². The molecule has 30 heavy (non-hydrogen) atoms. The third kappa shape index (κ3) is 3.57. The number of carboxylic acid groups (broad SMARTS) is 1. The average molecular weight is 405 g/mol. The molecule has 0 unspecified atom stereocenters. The van der Waals surface area contributed by atoms with Crippen LogP contribution in [0, 0.1) is 13.8 Å². The van der Waals surface area contributed by atoms with Gasteiger partial charge in [-0.2, -0.15) is 0 Å². The lowest BCUT2D eigenvalue weighted by Gasteiger charge is -2.08. The first-order chi connectivity index (χ1) is 14.3. The number of rotatable bonds is 5. The van der Waals surface area contributed by atoms with Gasteiger partial charge in [-0.3, -0.25) is 9.59 Å². The van der Waals surface area contributed by atoms with E-state index >= 15 is 0 Å². The summed E-state index contributed by atoms with van der Waals surface area (Å²) in [6.07, 6.45) is 1.41. The molecule has 0 fully saturated rings. The Morgan fingerprint density at radius 1 is 1.03 bits per heavy atom. The topological polar surface area (TPSA) is 110 Å². The minimum Gasteiger partial charge on any atom is -0.480 e. The molecule has 7 nitrogen and oxygen atoms in total.